The molecule has 0 spiro atoms. The maximum atomic E-state index is 11.7. The molecule has 3 N–H and O–H groups in total. The van der Waals surface area contributed by atoms with Gasteiger partial charge in [-0.15, -0.1) is 0 Å². The van der Waals surface area contributed by atoms with Crippen LogP contribution < -0.4 is 11.1 Å². The Hall–Kier alpha value is -0.570. The van der Waals surface area contributed by atoms with Crippen molar-refractivity contribution in [1.82, 2.24) is 5.32 Å². The van der Waals surface area contributed by atoms with Crippen LogP contribution >= 0.6 is 0 Å². The van der Waals surface area contributed by atoms with Crippen LogP contribution in [0.3, 0.4) is 0 Å². The molecule has 4 unspecified atom stereocenters. The summed E-state index contributed by atoms with van der Waals surface area (Å²) in [5, 5.41) is 3.09. The largest absolute Gasteiger partial charge is 0.352 e. The second-order valence-electron chi connectivity index (χ2n) is 5.65. The van der Waals surface area contributed by atoms with Gasteiger partial charge in [-0.05, 0) is 50.4 Å². The number of carbonyl (C=O) groups excluding carboxylic acids is 1. The van der Waals surface area contributed by atoms with Gasteiger partial charge < -0.3 is 11.1 Å². The predicted octanol–water partition coefficient (Wildman–Crippen LogP) is 1.66. The van der Waals surface area contributed by atoms with E-state index < -0.39 is 0 Å². The summed E-state index contributed by atoms with van der Waals surface area (Å²) in [4.78, 5) is 11.7. The highest BCUT2D eigenvalue weighted by atomic mass is 16.2. The lowest BCUT2D eigenvalue weighted by atomic mass is 9.84. The Labute approximate surface area is 98.2 Å². The number of hydrogen-bond donors (Lipinski definition) is 2. The van der Waals surface area contributed by atoms with E-state index in [0.717, 1.165) is 18.3 Å². The molecule has 3 heteroatoms. The zero-order valence-electron chi connectivity index (χ0n) is 10.4. The van der Waals surface area contributed by atoms with Gasteiger partial charge in [0.25, 0.3) is 0 Å². The van der Waals surface area contributed by atoms with Gasteiger partial charge in [-0.3, -0.25) is 4.79 Å². The number of nitrogens with one attached hydrogen (secondary N) is 1. The average Bonchev–Trinajstić information content (AvgIpc) is 2.89. The van der Waals surface area contributed by atoms with Gasteiger partial charge in [0.05, 0.1) is 6.04 Å². The van der Waals surface area contributed by atoms with Crippen molar-refractivity contribution in [3.05, 3.63) is 0 Å². The molecule has 0 radical (unpaired) electrons. The lowest BCUT2D eigenvalue weighted by molar-refractivity contribution is -0.123. The molecular formula is C13H24N2O. The second kappa shape index (κ2) is 4.74. The molecule has 0 aromatic rings. The molecule has 2 aliphatic rings. The summed E-state index contributed by atoms with van der Waals surface area (Å²) >= 11 is 0. The van der Waals surface area contributed by atoms with Crippen LogP contribution in [0.25, 0.3) is 0 Å². The van der Waals surface area contributed by atoms with E-state index in [4.69, 9.17) is 5.73 Å². The molecule has 3 nitrogen and oxygen atoms in total. The number of fused-ring (bicyclic) bond motifs is 2. The minimum atomic E-state index is -0.332. The first-order valence-electron chi connectivity index (χ1n) is 6.67. The van der Waals surface area contributed by atoms with E-state index in [1.165, 1.54) is 25.7 Å². The molecular weight excluding hydrogens is 200 g/mol. The third-order valence-electron chi connectivity index (χ3n) is 4.58. The van der Waals surface area contributed by atoms with E-state index in [-0.39, 0.29) is 11.9 Å². The molecule has 2 bridgehead atoms. The van der Waals surface area contributed by atoms with E-state index in [2.05, 4.69) is 12.2 Å². The maximum absolute atomic E-state index is 11.7. The summed E-state index contributed by atoms with van der Waals surface area (Å²) < 4.78 is 0. The van der Waals surface area contributed by atoms with Crippen LogP contribution in [0.4, 0.5) is 0 Å². The van der Waals surface area contributed by atoms with Crippen LogP contribution in [0.15, 0.2) is 0 Å². The highest BCUT2D eigenvalue weighted by Crippen LogP contribution is 2.49. The Morgan fingerprint density at radius 3 is 2.69 bits per heavy atom. The Bertz CT molecular complexity index is 267. The number of rotatable bonds is 4. The van der Waals surface area contributed by atoms with Crippen molar-refractivity contribution in [2.24, 2.45) is 23.5 Å². The molecule has 2 aliphatic carbocycles. The minimum Gasteiger partial charge on any atom is -0.352 e. The van der Waals surface area contributed by atoms with Gasteiger partial charge in [0.1, 0.15) is 0 Å². The minimum absolute atomic E-state index is 0.0257. The van der Waals surface area contributed by atoms with Crippen molar-refractivity contribution >= 4 is 5.91 Å². The molecule has 92 valence electrons. The molecule has 0 aromatic carbocycles. The quantitative estimate of drug-likeness (QED) is 0.763. The van der Waals surface area contributed by atoms with Gasteiger partial charge in [-0.1, -0.05) is 13.3 Å². The fourth-order valence-electron chi connectivity index (χ4n) is 3.53. The first-order valence-corrected chi connectivity index (χ1v) is 6.67. The molecule has 2 rings (SSSR count). The van der Waals surface area contributed by atoms with Crippen LogP contribution in [-0.2, 0) is 4.79 Å². The third-order valence-corrected chi connectivity index (χ3v) is 4.58. The number of nitrogens with two attached hydrogens (primary N) is 1. The summed E-state index contributed by atoms with van der Waals surface area (Å²) in [6, 6.07) is -0.0264. The van der Waals surface area contributed by atoms with Gasteiger partial charge in [-0.2, -0.15) is 0 Å². The maximum Gasteiger partial charge on any atom is 0.237 e. The van der Waals surface area contributed by atoms with Gasteiger partial charge in [-0.25, -0.2) is 0 Å². The smallest absolute Gasteiger partial charge is 0.237 e. The molecule has 0 saturated heterocycles. The fraction of sp³-hybridized carbons (Fsp3) is 0.923. The normalized spacial score (nSPS) is 36.1. The lowest BCUT2D eigenvalue weighted by Gasteiger charge is -2.29. The van der Waals surface area contributed by atoms with Gasteiger partial charge >= 0.3 is 0 Å². The van der Waals surface area contributed by atoms with Crippen LogP contribution in [0, 0.1) is 17.8 Å². The molecule has 16 heavy (non-hydrogen) atoms. The number of carbonyl (C=O) groups is 1. The summed E-state index contributed by atoms with van der Waals surface area (Å²) in [7, 11) is 0. The summed E-state index contributed by atoms with van der Waals surface area (Å²) in [6.07, 6.45) is 6.21. The van der Waals surface area contributed by atoms with E-state index in [1.54, 1.807) is 0 Å². The monoisotopic (exact) mass is 224 g/mol. The summed E-state index contributed by atoms with van der Waals surface area (Å²) in [5.41, 5.74) is 5.73. The van der Waals surface area contributed by atoms with Crippen LogP contribution in [0.5, 0.6) is 0 Å². The number of amides is 1. The second-order valence-corrected chi connectivity index (χ2v) is 5.65. The summed E-state index contributed by atoms with van der Waals surface area (Å²) in [5.74, 6) is 2.52. The molecule has 2 saturated carbocycles. The zero-order valence-corrected chi connectivity index (χ0v) is 10.4. The molecule has 0 aromatic heterocycles. The van der Waals surface area contributed by atoms with E-state index in [9.17, 15) is 4.79 Å². The van der Waals surface area contributed by atoms with Crippen molar-refractivity contribution in [3.8, 4) is 0 Å². The fourth-order valence-corrected chi connectivity index (χ4v) is 3.53. The first kappa shape index (κ1) is 11.9. The van der Waals surface area contributed by atoms with Crippen LogP contribution in [-0.4, -0.2) is 18.0 Å². The molecule has 5 atom stereocenters. The van der Waals surface area contributed by atoms with Crippen molar-refractivity contribution in [2.45, 2.75) is 58.0 Å². The molecule has 0 aliphatic heterocycles. The molecule has 1 amide bonds. The van der Waals surface area contributed by atoms with E-state index >= 15 is 0 Å². The number of hydrogen-bond acceptors (Lipinski definition) is 2. The van der Waals surface area contributed by atoms with Crippen LogP contribution in [0.2, 0.25) is 0 Å². The van der Waals surface area contributed by atoms with Crippen molar-refractivity contribution in [3.63, 3.8) is 0 Å². The van der Waals surface area contributed by atoms with Gasteiger partial charge in [0.2, 0.25) is 5.91 Å². The van der Waals surface area contributed by atoms with E-state index in [1.807, 2.05) is 6.92 Å². The molecule has 2 fully saturated rings. The Balaban J connectivity index is 1.84. The predicted molar refractivity (Wildman–Crippen MR) is 64.8 cm³/mol. The molecule has 0 heterocycles. The SMILES string of the molecule is CC[C@H](N)C(=O)NC(C)C1CC2CCC1C2. The average molecular weight is 224 g/mol. The Morgan fingerprint density at radius 1 is 1.44 bits per heavy atom. The van der Waals surface area contributed by atoms with Crippen molar-refractivity contribution in [2.75, 3.05) is 0 Å². The van der Waals surface area contributed by atoms with Gasteiger partial charge in [0.15, 0.2) is 0 Å². The van der Waals surface area contributed by atoms with Gasteiger partial charge in [0, 0.05) is 6.04 Å². The lowest BCUT2D eigenvalue weighted by Crippen LogP contribution is -2.47. The highest BCUT2D eigenvalue weighted by Gasteiger charge is 2.42. The first-order chi connectivity index (χ1) is 7.61. The summed E-state index contributed by atoms with van der Waals surface area (Å²) in [6.45, 7) is 4.10. The third kappa shape index (κ3) is 2.24. The Morgan fingerprint density at radius 2 is 2.19 bits per heavy atom. The van der Waals surface area contributed by atoms with Crippen molar-refractivity contribution in [1.29, 1.82) is 0 Å². The standard InChI is InChI=1S/C13H24N2O/c1-3-12(14)13(16)15-8(2)11-7-9-4-5-10(11)6-9/h8-12H,3-7,14H2,1-2H3,(H,15,16)/t8?,9?,10?,11?,12-/m0/s1. The Kier molecular flexibility index (Phi) is 3.53. The van der Waals surface area contributed by atoms with Crippen LogP contribution in [0.1, 0.15) is 46.0 Å². The highest BCUT2D eigenvalue weighted by molar-refractivity contribution is 5.81. The zero-order chi connectivity index (χ0) is 11.7. The van der Waals surface area contributed by atoms with E-state index in [0.29, 0.717) is 12.0 Å². The van der Waals surface area contributed by atoms with Crippen molar-refractivity contribution < 1.29 is 4.79 Å². The topological polar surface area (TPSA) is 55.1 Å².